The summed E-state index contributed by atoms with van der Waals surface area (Å²) in [7, 11) is 0. The third-order valence-electron chi connectivity index (χ3n) is 3.32. The minimum Gasteiger partial charge on any atom is -0.481 e. The Bertz CT molecular complexity index is 566. The maximum atomic E-state index is 13.8. The van der Waals surface area contributed by atoms with Gasteiger partial charge in [-0.25, -0.2) is 4.39 Å². The molecular formula is C16H15FO2. The molecule has 0 saturated carbocycles. The fourth-order valence-electron chi connectivity index (χ4n) is 2.33. The summed E-state index contributed by atoms with van der Waals surface area (Å²) in [5.74, 6) is -2.49. The first-order valence-corrected chi connectivity index (χ1v) is 6.13. The highest BCUT2D eigenvalue weighted by molar-refractivity contribution is 5.77. The van der Waals surface area contributed by atoms with Crippen molar-refractivity contribution in [3.05, 3.63) is 71.5 Å². The number of hydrogen-bond donors (Lipinski definition) is 1. The highest BCUT2D eigenvalue weighted by atomic mass is 19.1. The number of carboxylic acid groups (broad SMARTS) is 1. The molecule has 3 heteroatoms. The summed E-state index contributed by atoms with van der Waals surface area (Å²) in [6.07, 6.45) is 0. The van der Waals surface area contributed by atoms with E-state index in [1.54, 1.807) is 49.4 Å². The molecule has 1 N–H and O–H groups in total. The maximum Gasteiger partial charge on any atom is 0.311 e. The van der Waals surface area contributed by atoms with Crippen LogP contribution in [0.1, 0.15) is 29.9 Å². The van der Waals surface area contributed by atoms with Crippen molar-refractivity contribution in [2.45, 2.75) is 18.8 Å². The number of carbonyl (C=O) groups is 1. The maximum absolute atomic E-state index is 13.8. The molecule has 0 spiro atoms. The van der Waals surface area contributed by atoms with Gasteiger partial charge in [0, 0.05) is 5.92 Å². The monoisotopic (exact) mass is 258 g/mol. The number of carboxylic acids is 1. The van der Waals surface area contributed by atoms with Crippen LogP contribution in [0, 0.1) is 5.82 Å². The van der Waals surface area contributed by atoms with Crippen LogP contribution >= 0.6 is 0 Å². The number of aliphatic carboxylic acids is 1. The van der Waals surface area contributed by atoms with Crippen LogP contribution < -0.4 is 0 Å². The molecule has 0 radical (unpaired) electrons. The van der Waals surface area contributed by atoms with Crippen molar-refractivity contribution in [1.82, 2.24) is 0 Å². The van der Waals surface area contributed by atoms with Gasteiger partial charge in [-0.15, -0.1) is 0 Å². The Kier molecular flexibility index (Phi) is 3.95. The molecule has 0 bridgehead atoms. The lowest BCUT2D eigenvalue weighted by Crippen LogP contribution is -2.19. The molecule has 0 aromatic heterocycles. The molecule has 0 aliphatic carbocycles. The SMILES string of the molecule is CC(c1ccccc1F)C(C(=O)O)c1ccccc1. The molecule has 19 heavy (non-hydrogen) atoms. The molecule has 2 aromatic rings. The molecule has 2 unspecified atom stereocenters. The molecule has 0 aliphatic rings. The van der Waals surface area contributed by atoms with Gasteiger partial charge in [-0.1, -0.05) is 55.5 Å². The van der Waals surface area contributed by atoms with Crippen LogP contribution in [0.4, 0.5) is 4.39 Å². The zero-order valence-corrected chi connectivity index (χ0v) is 10.6. The summed E-state index contributed by atoms with van der Waals surface area (Å²) in [5.41, 5.74) is 1.12. The van der Waals surface area contributed by atoms with Crippen LogP contribution in [0.3, 0.4) is 0 Å². The lowest BCUT2D eigenvalue weighted by atomic mass is 9.82. The second kappa shape index (κ2) is 5.65. The molecule has 2 atom stereocenters. The van der Waals surface area contributed by atoms with Gasteiger partial charge in [0.1, 0.15) is 5.82 Å². The Labute approximate surface area is 111 Å². The molecular weight excluding hydrogens is 243 g/mol. The number of hydrogen-bond acceptors (Lipinski definition) is 1. The first-order valence-electron chi connectivity index (χ1n) is 6.13. The summed E-state index contributed by atoms with van der Waals surface area (Å²) in [6, 6.07) is 15.2. The standard InChI is InChI=1S/C16H15FO2/c1-11(13-9-5-6-10-14(13)17)15(16(18)19)12-7-3-2-4-8-12/h2-11,15H,1H3,(H,18,19). The first-order chi connectivity index (χ1) is 9.11. The molecule has 2 aromatic carbocycles. The number of benzene rings is 2. The van der Waals surface area contributed by atoms with Crippen molar-refractivity contribution in [2.75, 3.05) is 0 Å². The summed E-state index contributed by atoms with van der Waals surface area (Å²) in [4.78, 5) is 11.5. The molecule has 0 fully saturated rings. The molecule has 0 heterocycles. The van der Waals surface area contributed by atoms with Crippen LogP contribution in [-0.4, -0.2) is 11.1 Å². The fourth-order valence-corrected chi connectivity index (χ4v) is 2.33. The highest BCUT2D eigenvalue weighted by Crippen LogP contribution is 2.34. The minimum absolute atomic E-state index is 0.364. The normalized spacial score (nSPS) is 13.8. The van der Waals surface area contributed by atoms with Gasteiger partial charge in [0.2, 0.25) is 0 Å². The molecule has 2 nitrogen and oxygen atoms in total. The van der Waals surface area contributed by atoms with E-state index in [2.05, 4.69) is 0 Å². The van der Waals surface area contributed by atoms with Crippen LogP contribution in [0.2, 0.25) is 0 Å². The molecule has 0 aliphatic heterocycles. The third kappa shape index (κ3) is 2.81. The number of halogens is 1. The zero-order valence-electron chi connectivity index (χ0n) is 10.6. The van der Waals surface area contributed by atoms with Gasteiger partial charge in [0.25, 0.3) is 0 Å². The van der Waals surface area contributed by atoms with E-state index < -0.39 is 17.8 Å². The second-order valence-corrected chi connectivity index (χ2v) is 4.54. The van der Waals surface area contributed by atoms with Crippen LogP contribution in [0.5, 0.6) is 0 Å². The van der Waals surface area contributed by atoms with E-state index >= 15 is 0 Å². The molecule has 0 saturated heterocycles. The van der Waals surface area contributed by atoms with Crippen molar-refractivity contribution in [2.24, 2.45) is 0 Å². The van der Waals surface area contributed by atoms with Crippen molar-refractivity contribution < 1.29 is 14.3 Å². The molecule has 0 amide bonds. The van der Waals surface area contributed by atoms with E-state index in [9.17, 15) is 14.3 Å². The second-order valence-electron chi connectivity index (χ2n) is 4.54. The van der Waals surface area contributed by atoms with Crippen molar-refractivity contribution in [1.29, 1.82) is 0 Å². The number of rotatable bonds is 4. The average Bonchev–Trinajstić information content (AvgIpc) is 2.40. The summed E-state index contributed by atoms with van der Waals surface area (Å²) in [6.45, 7) is 1.74. The van der Waals surface area contributed by atoms with Gasteiger partial charge in [-0.3, -0.25) is 4.79 Å². The smallest absolute Gasteiger partial charge is 0.311 e. The van der Waals surface area contributed by atoms with Crippen molar-refractivity contribution in [3.63, 3.8) is 0 Å². The van der Waals surface area contributed by atoms with E-state index in [4.69, 9.17) is 0 Å². The summed E-state index contributed by atoms with van der Waals surface area (Å²) >= 11 is 0. The van der Waals surface area contributed by atoms with Gasteiger partial charge in [0.15, 0.2) is 0 Å². The Hall–Kier alpha value is -2.16. The van der Waals surface area contributed by atoms with Gasteiger partial charge in [0.05, 0.1) is 5.92 Å². The van der Waals surface area contributed by atoms with Gasteiger partial charge in [-0.2, -0.15) is 0 Å². The zero-order chi connectivity index (χ0) is 13.8. The Balaban J connectivity index is 2.41. The Morgan fingerprint density at radius 2 is 1.63 bits per heavy atom. The fraction of sp³-hybridized carbons (Fsp3) is 0.188. The largest absolute Gasteiger partial charge is 0.481 e. The summed E-state index contributed by atoms with van der Waals surface area (Å²) < 4.78 is 13.8. The van der Waals surface area contributed by atoms with Gasteiger partial charge >= 0.3 is 5.97 Å². The first kappa shape index (κ1) is 13.3. The van der Waals surface area contributed by atoms with Crippen molar-refractivity contribution in [3.8, 4) is 0 Å². The van der Waals surface area contributed by atoms with E-state index in [0.29, 0.717) is 11.1 Å². The Morgan fingerprint density at radius 1 is 1.05 bits per heavy atom. The highest BCUT2D eigenvalue weighted by Gasteiger charge is 2.29. The van der Waals surface area contributed by atoms with Gasteiger partial charge in [-0.05, 0) is 17.2 Å². The predicted octanol–water partition coefficient (Wildman–Crippen LogP) is 3.80. The van der Waals surface area contributed by atoms with Crippen LogP contribution in [0.25, 0.3) is 0 Å². The van der Waals surface area contributed by atoms with E-state index in [1.165, 1.54) is 6.07 Å². The van der Waals surface area contributed by atoms with E-state index in [1.807, 2.05) is 6.07 Å². The lowest BCUT2D eigenvalue weighted by molar-refractivity contribution is -0.139. The lowest BCUT2D eigenvalue weighted by Gasteiger charge is -2.21. The van der Waals surface area contributed by atoms with Crippen molar-refractivity contribution >= 4 is 5.97 Å². The van der Waals surface area contributed by atoms with Gasteiger partial charge < -0.3 is 5.11 Å². The third-order valence-corrected chi connectivity index (χ3v) is 3.32. The average molecular weight is 258 g/mol. The summed E-state index contributed by atoms with van der Waals surface area (Å²) in [5, 5.41) is 9.43. The van der Waals surface area contributed by atoms with E-state index in [0.717, 1.165) is 0 Å². The quantitative estimate of drug-likeness (QED) is 0.905. The molecule has 98 valence electrons. The Morgan fingerprint density at radius 3 is 2.21 bits per heavy atom. The topological polar surface area (TPSA) is 37.3 Å². The predicted molar refractivity (Wildman–Crippen MR) is 71.6 cm³/mol. The van der Waals surface area contributed by atoms with E-state index in [-0.39, 0.29) is 5.82 Å². The van der Waals surface area contributed by atoms with Crippen LogP contribution in [0.15, 0.2) is 54.6 Å². The minimum atomic E-state index is -0.943. The van der Waals surface area contributed by atoms with Crippen LogP contribution in [-0.2, 0) is 4.79 Å². The molecule has 2 rings (SSSR count).